The zero-order valence-electron chi connectivity index (χ0n) is 18.6. The van der Waals surface area contributed by atoms with Crippen molar-refractivity contribution in [2.75, 3.05) is 43.6 Å². The van der Waals surface area contributed by atoms with E-state index in [1.165, 1.54) is 0 Å². The molecule has 1 saturated heterocycles. The van der Waals surface area contributed by atoms with Gasteiger partial charge in [0.25, 0.3) is 0 Å². The van der Waals surface area contributed by atoms with E-state index in [9.17, 15) is 0 Å². The van der Waals surface area contributed by atoms with Crippen molar-refractivity contribution in [3.8, 4) is 11.4 Å². The Labute approximate surface area is 194 Å². The number of methoxy groups -OCH3 is 1. The highest BCUT2D eigenvalue weighted by Gasteiger charge is 2.20. The molecule has 0 atom stereocenters. The van der Waals surface area contributed by atoms with Crippen LogP contribution in [0.3, 0.4) is 0 Å². The fourth-order valence-electron chi connectivity index (χ4n) is 4.02. The van der Waals surface area contributed by atoms with Gasteiger partial charge in [0.2, 0.25) is 5.95 Å². The van der Waals surface area contributed by atoms with Crippen LogP contribution < -0.4 is 15.0 Å². The molecule has 0 amide bonds. The normalized spacial score (nSPS) is 14.1. The molecule has 0 unspecified atom stereocenters. The number of hydrogen-bond acceptors (Lipinski definition) is 9. The molecule has 5 aromatic rings. The Hall–Kier alpha value is -4.25. The summed E-state index contributed by atoms with van der Waals surface area (Å²) < 4.78 is 12.7. The third-order valence-corrected chi connectivity index (χ3v) is 5.76. The molecule has 1 aliphatic heterocycles. The van der Waals surface area contributed by atoms with Crippen molar-refractivity contribution in [2.45, 2.75) is 6.54 Å². The van der Waals surface area contributed by atoms with E-state index in [1.807, 2.05) is 34.9 Å². The van der Waals surface area contributed by atoms with E-state index in [0.717, 1.165) is 41.4 Å². The van der Waals surface area contributed by atoms with Crippen LogP contribution in [0.5, 0.6) is 5.75 Å². The third kappa shape index (κ3) is 3.75. The van der Waals surface area contributed by atoms with Crippen LogP contribution in [-0.4, -0.2) is 67.9 Å². The van der Waals surface area contributed by atoms with Gasteiger partial charge in [0.15, 0.2) is 17.0 Å². The number of morpholine rings is 1. The molecule has 1 fully saturated rings. The lowest BCUT2D eigenvalue weighted by molar-refractivity contribution is 0.122. The Balaban J connectivity index is 1.37. The molecule has 34 heavy (non-hydrogen) atoms. The van der Waals surface area contributed by atoms with Crippen LogP contribution in [0.25, 0.3) is 27.9 Å². The molecule has 2 N–H and O–H groups in total. The van der Waals surface area contributed by atoms with Gasteiger partial charge in [-0.1, -0.05) is 0 Å². The van der Waals surface area contributed by atoms with Crippen LogP contribution in [0.4, 0.5) is 11.8 Å². The van der Waals surface area contributed by atoms with Crippen LogP contribution >= 0.6 is 0 Å². The molecular formula is C23H23N9O2. The molecule has 1 aliphatic rings. The minimum Gasteiger partial charge on any atom is -0.497 e. The number of hydrogen-bond donors (Lipinski definition) is 2. The van der Waals surface area contributed by atoms with E-state index >= 15 is 0 Å². The summed E-state index contributed by atoms with van der Waals surface area (Å²) in [4.78, 5) is 28.7. The molecule has 0 radical (unpaired) electrons. The molecule has 0 bridgehead atoms. The van der Waals surface area contributed by atoms with Crippen molar-refractivity contribution < 1.29 is 9.47 Å². The molecule has 0 spiro atoms. The predicted molar refractivity (Wildman–Crippen MR) is 127 cm³/mol. The van der Waals surface area contributed by atoms with Crippen LogP contribution in [0.15, 0.2) is 49.1 Å². The Kier molecular flexibility index (Phi) is 5.15. The lowest BCUT2D eigenvalue weighted by Gasteiger charge is -2.27. The number of nitrogens with one attached hydrogen (secondary N) is 2. The van der Waals surface area contributed by atoms with E-state index in [-0.39, 0.29) is 0 Å². The highest BCUT2D eigenvalue weighted by molar-refractivity contribution is 5.85. The lowest BCUT2D eigenvalue weighted by Crippen LogP contribution is -2.37. The Morgan fingerprint density at radius 1 is 1.15 bits per heavy atom. The molecule has 0 aliphatic carbocycles. The van der Waals surface area contributed by atoms with Crippen molar-refractivity contribution in [2.24, 2.45) is 0 Å². The molecule has 5 heterocycles. The monoisotopic (exact) mass is 457 g/mol. The second kappa shape index (κ2) is 8.60. The number of anilines is 2. The topological polar surface area (TPSA) is 119 Å². The van der Waals surface area contributed by atoms with E-state index in [0.29, 0.717) is 42.7 Å². The van der Waals surface area contributed by atoms with E-state index in [2.05, 4.69) is 30.2 Å². The minimum atomic E-state index is 0.450. The zero-order chi connectivity index (χ0) is 22.9. The molecule has 1 aromatic carbocycles. The predicted octanol–water partition coefficient (Wildman–Crippen LogP) is 2.54. The van der Waals surface area contributed by atoms with E-state index in [4.69, 9.17) is 19.4 Å². The smallest absolute Gasteiger partial charge is 0.229 e. The first-order valence-corrected chi connectivity index (χ1v) is 11.0. The summed E-state index contributed by atoms with van der Waals surface area (Å²) in [5, 5.41) is 3.41. The van der Waals surface area contributed by atoms with Crippen molar-refractivity contribution in [1.82, 2.24) is 34.5 Å². The number of nitrogens with zero attached hydrogens (tertiary/aromatic N) is 7. The number of benzene rings is 1. The summed E-state index contributed by atoms with van der Waals surface area (Å²) in [6.07, 6.45) is 5.28. The van der Waals surface area contributed by atoms with Gasteiger partial charge in [-0.05, 0) is 24.3 Å². The van der Waals surface area contributed by atoms with Gasteiger partial charge in [-0.3, -0.25) is 9.55 Å². The fraction of sp³-hybridized carbons (Fsp3) is 0.261. The molecular weight excluding hydrogens is 434 g/mol. The number of rotatable bonds is 6. The first-order valence-electron chi connectivity index (χ1n) is 11.0. The number of H-pyrrole nitrogens is 1. The van der Waals surface area contributed by atoms with Crippen LogP contribution in [0.2, 0.25) is 0 Å². The maximum absolute atomic E-state index is 5.51. The molecule has 11 nitrogen and oxygen atoms in total. The van der Waals surface area contributed by atoms with Crippen molar-refractivity contribution in [3.63, 3.8) is 0 Å². The first kappa shape index (κ1) is 20.4. The maximum Gasteiger partial charge on any atom is 0.229 e. The standard InChI is InChI=1S/C23H23N9O2/c1-33-16-4-5-17-18(11-16)28-19(27-17)13-25-21-20-22(30-23(29-21)31-7-9-34-10-8-31)32(14-26-20)15-3-2-6-24-12-15/h2-6,11-12,14H,7-10,13H2,1H3,(H,27,28)(H,25,29,30). The largest absolute Gasteiger partial charge is 0.497 e. The number of ether oxygens (including phenoxy) is 2. The SMILES string of the molecule is COc1ccc2nc(CNc3nc(N4CCOCC4)nc4c3ncn4-c3cccnc3)[nH]c2c1. The summed E-state index contributed by atoms with van der Waals surface area (Å²) >= 11 is 0. The molecule has 6 rings (SSSR count). The number of imidazole rings is 2. The van der Waals surface area contributed by atoms with Gasteiger partial charge < -0.3 is 24.7 Å². The van der Waals surface area contributed by atoms with Gasteiger partial charge in [-0.25, -0.2) is 9.97 Å². The minimum absolute atomic E-state index is 0.450. The Morgan fingerprint density at radius 2 is 2.06 bits per heavy atom. The van der Waals surface area contributed by atoms with Gasteiger partial charge in [0, 0.05) is 25.4 Å². The van der Waals surface area contributed by atoms with Crippen LogP contribution in [0.1, 0.15) is 5.82 Å². The Bertz CT molecular complexity index is 1440. The van der Waals surface area contributed by atoms with Crippen molar-refractivity contribution >= 4 is 34.0 Å². The van der Waals surface area contributed by atoms with Gasteiger partial charge in [0.05, 0.1) is 49.8 Å². The second-order valence-corrected chi connectivity index (χ2v) is 7.89. The summed E-state index contributed by atoms with van der Waals surface area (Å²) in [6.45, 7) is 3.21. The van der Waals surface area contributed by atoms with Gasteiger partial charge in [0.1, 0.15) is 17.9 Å². The average molecular weight is 457 g/mol. The molecule has 0 saturated carbocycles. The quantitative estimate of drug-likeness (QED) is 0.396. The highest BCUT2D eigenvalue weighted by Crippen LogP contribution is 2.26. The van der Waals surface area contributed by atoms with Crippen molar-refractivity contribution in [3.05, 3.63) is 54.9 Å². The fourth-order valence-corrected chi connectivity index (χ4v) is 4.02. The third-order valence-electron chi connectivity index (χ3n) is 5.76. The first-order chi connectivity index (χ1) is 16.8. The average Bonchev–Trinajstić information content (AvgIpc) is 3.51. The summed E-state index contributed by atoms with van der Waals surface area (Å²) in [7, 11) is 1.65. The van der Waals surface area contributed by atoms with E-state index < -0.39 is 0 Å². The number of aromatic nitrogens is 7. The van der Waals surface area contributed by atoms with Gasteiger partial charge in [-0.2, -0.15) is 9.97 Å². The highest BCUT2D eigenvalue weighted by atomic mass is 16.5. The van der Waals surface area contributed by atoms with Gasteiger partial charge >= 0.3 is 0 Å². The maximum atomic E-state index is 5.51. The Morgan fingerprint density at radius 3 is 2.88 bits per heavy atom. The summed E-state index contributed by atoms with van der Waals surface area (Å²) in [5.74, 6) is 2.85. The number of aromatic amines is 1. The molecule has 4 aromatic heterocycles. The molecule has 172 valence electrons. The number of fused-ring (bicyclic) bond motifs is 2. The number of pyridine rings is 1. The zero-order valence-corrected chi connectivity index (χ0v) is 18.6. The van der Waals surface area contributed by atoms with Crippen molar-refractivity contribution in [1.29, 1.82) is 0 Å². The molecule has 11 heteroatoms. The van der Waals surface area contributed by atoms with Crippen LogP contribution in [0, 0.1) is 0 Å². The summed E-state index contributed by atoms with van der Waals surface area (Å²) in [5.41, 5.74) is 4.06. The lowest BCUT2D eigenvalue weighted by atomic mass is 10.3. The second-order valence-electron chi connectivity index (χ2n) is 7.89. The van der Waals surface area contributed by atoms with E-state index in [1.54, 1.807) is 25.8 Å². The van der Waals surface area contributed by atoms with Crippen LogP contribution in [-0.2, 0) is 11.3 Å². The van der Waals surface area contributed by atoms with Gasteiger partial charge in [-0.15, -0.1) is 0 Å². The summed E-state index contributed by atoms with van der Waals surface area (Å²) in [6, 6.07) is 9.62.